The molecule has 4 N–H and O–H groups in total. The van der Waals surface area contributed by atoms with Crippen LogP contribution in [0.15, 0.2) is 78.9 Å². The third-order valence-corrected chi connectivity index (χ3v) is 3.66. The maximum Gasteiger partial charge on any atom is 0.316 e. The van der Waals surface area contributed by atoms with Gasteiger partial charge in [-0.25, -0.2) is 4.79 Å². The van der Waals surface area contributed by atoms with E-state index in [1.54, 1.807) is 36.4 Å². The molecular weight excluding hydrogens is 314 g/mol. The van der Waals surface area contributed by atoms with E-state index in [4.69, 9.17) is 5.73 Å². The molecule has 0 aromatic heterocycles. The summed E-state index contributed by atoms with van der Waals surface area (Å²) in [6.07, 6.45) is 0. The van der Waals surface area contributed by atoms with Gasteiger partial charge in [0.25, 0.3) is 5.91 Å². The second-order valence-corrected chi connectivity index (χ2v) is 5.46. The Morgan fingerprint density at radius 2 is 1.16 bits per heavy atom. The van der Waals surface area contributed by atoms with Crippen molar-refractivity contribution in [3.8, 4) is 11.1 Å². The predicted octanol–water partition coefficient (Wildman–Crippen LogP) is 4.10. The van der Waals surface area contributed by atoms with E-state index in [-0.39, 0.29) is 5.91 Å². The van der Waals surface area contributed by atoms with Crippen LogP contribution in [-0.2, 0) is 0 Å². The van der Waals surface area contributed by atoms with Crippen molar-refractivity contribution in [1.29, 1.82) is 0 Å². The minimum absolute atomic E-state index is 0.199. The molecule has 0 spiro atoms. The summed E-state index contributed by atoms with van der Waals surface area (Å²) in [5, 5.41) is 5.28. The minimum Gasteiger partial charge on any atom is -0.351 e. The zero-order valence-electron chi connectivity index (χ0n) is 13.4. The van der Waals surface area contributed by atoms with Crippen molar-refractivity contribution in [2.24, 2.45) is 5.73 Å². The SMILES string of the molecule is NC(=O)Nc1ccc(NC(=O)c2ccc(-c3ccccc3)cc2)cc1. The Hall–Kier alpha value is -3.60. The molecule has 0 atom stereocenters. The van der Waals surface area contributed by atoms with Crippen LogP contribution in [0.2, 0.25) is 0 Å². The first kappa shape index (κ1) is 16.3. The fraction of sp³-hybridized carbons (Fsp3) is 0. The second kappa shape index (κ2) is 7.31. The summed E-state index contributed by atoms with van der Waals surface area (Å²) in [6.45, 7) is 0. The van der Waals surface area contributed by atoms with Crippen molar-refractivity contribution in [1.82, 2.24) is 0 Å². The molecule has 124 valence electrons. The maximum absolute atomic E-state index is 12.3. The predicted molar refractivity (Wildman–Crippen MR) is 99.5 cm³/mol. The summed E-state index contributed by atoms with van der Waals surface area (Å²) in [6, 6.07) is 23.5. The molecule has 0 aliphatic heterocycles. The lowest BCUT2D eigenvalue weighted by molar-refractivity contribution is 0.102. The smallest absolute Gasteiger partial charge is 0.316 e. The summed E-state index contributed by atoms with van der Waals surface area (Å²) < 4.78 is 0. The normalized spacial score (nSPS) is 10.1. The average Bonchev–Trinajstić information content (AvgIpc) is 2.64. The number of carbonyl (C=O) groups excluding carboxylic acids is 2. The first-order chi connectivity index (χ1) is 12.1. The highest BCUT2D eigenvalue weighted by Gasteiger charge is 2.07. The van der Waals surface area contributed by atoms with Gasteiger partial charge in [-0.05, 0) is 47.5 Å². The van der Waals surface area contributed by atoms with Crippen molar-refractivity contribution >= 4 is 23.3 Å². The molecule has 0 unspecified atom stereocenters. The van der Waals surface area contributed by atoms with Gasteiger partial charge in [0, 0.05) is 16.9 Å². The Morgan fingerprint density at radius 1 is 0.640 bits per heavy atom. The zero-order valence-corrected chi connectivity index (χ0v) is 13.4. The van der Waals surface area contributed by atoms with Crippen LogP contribution in [0.1, 0.15) is 10.4 Å². The van der Waals surface area contributed by atoms with Crippen LogP contribution in [0.5, 0.6) is 0 Å². The summed E-state index contributed by atoms with van der Waals surface area (Å²) >= 11 is 0. The van der Waals surface area contributed by atoms with Gasteiger partial charge in [0.05, 0.1) is 0 Å². The van der Waals surface area contributed by atoms with E-state index in [0.717, 1.165) is 11.1 Å². The van der Waals surface area contributed by atoms with Gasteiger partial charge in [0.1, 0.15) is 0 Å². The standard InChI is InChI=1S/C20H17N3O2/c21-20(25)23-18-12-10-17(11-13-18)22-19(24)16-8-6-15(7-9-16)14-4-2-1-3-5-14/h1-13H,(H,22,24)(H3,21,23,25). The molecule has 3 rings (SSSR count). The molecule has 3 aromatic rings. The second-order valence-electron chi connectivity index (χ2n) is 5.46. The summed E-state index contributed by atoms with van der Waals surface area (Å²) in [5.41, 5.74) is 8.98. The topological polar surface area (TPSA) is 84.2 Å². The highest BCUT2D eigenvalue weighted by Crippen LogP contribution is 2.20. The van der Waals surface area contributed by atoms with E-state index in [2.05, 4.69) is 10.6 Å². The van der Waals surface area contributed by atoms with E-state index in [1.807, 2.05) is 42.5 Å². The first-order valence-electron chi connectivity index (χ1n) is 7.75. The number of primary amides is 1. The lowest BCUT2D eigenvalue weighted by atomic mass is 10.0. The maximum atomic E-state index is 12.3. The quantitative estimate of drug-likeness (QED) is 0.672. The summed E-state index contributed by atoms with van der Waals surface area (Å²) in [7, 11) is 0. The van der Waals surface area contributed by atoms with Gasteiger partial charge in [-0.3, -0.25) is 4.79 Å². The summed E-state index contributed by atoms with van der Waals surface area (Å²) in [5.74, 6) is -0.199. The van der Waals surface area contributed by atoms with Crippen molar-refractivity contribution < 1.29 is 9.59 Å². The van der Waals surface area contributed by atoms with E-state index in [1.165, 1.54) is 0 Å². The number of anilines is 2. The van der Waals surface area contributed by atoms with Gasteiger partial charge in [-0.15, -0.1) is 0 Å². The number of nitrogens with two attached hydrogens (primary N) is 1. The van der Waals surface area contributed by atoms with Crippen LogP contribution in [0, 0.1) is 0 Å². The van der Waals surface area contributed by atoms with Gasteiger partial charge in [-0.2, -0.15) is 0 Å². The molecule has 3 amide bonds. The number of rotatable bonds is 4. The monoisotopic (exact) mass is 331 g/mol. The number of benzene rings is 3. The van der Waals surface area contributed by atoms with Gasteiger partial charge in [-0.1, -0.05) is 42.5 Å². The molecule has 5 heteroatoms. The fourth-order valence-electron chi connectivity index (χ4n) is 2.43. The Morgan fingerprint density at radius 3 is 1.72 bits per heavy atom. The number of amides is 3. The molecule has 0 aliphatic rings. The van der Waals surface area contributed by atoms with Crippen molar-refractivity contribution in [2.45, 2.75) is 0 Å². The van der Waals surface area contributed by atoms with Gasteiger partial charge >= 0.3 is 6.03 Å². The van der Waals surface area contributed by atoms with E-state index < -0.39 is 6.03 Å². The van der Waals surface area contributed by atoms with Gasteiger partial charge in [0.15, 0.2) is 0 Å². The molecule has 25 heavy (non-hydrogen) atoms. The van der Waals surface area contributed by atoms with Crippen molar-refractivity contribution in [3.05, 3.63) is 84.4 Å². The Kier molecular flexibility index (Phi) is 4.76. The molecule has 0 aliphatic carbocycles. The molecule has 0 bridgehead atoms. The molecule has 0 heterocycles. The summed E-state index contributed by atoms with van der Waals surface area (Å²) in [4.78, 5) is 23.1. The first-order valence-corrected chi connectivity index (χ1v) is 7.75. The van der Waals surface area contributed by atoms with Crippen LogP contribution in [0.3, 0.4) is 0 Å². The van der Waals surface area contributed by atoms with Crippen LogP contribution in [0.4, 0.5) is 16.2 Å². The van der Waals surface area contributed by atoms with E-state index >= 15 is 0 Å². The van der Waals surface area contributed by atoms with Crippen LogP contribution >= 0.6 is 0 Å². The Bertz CT molecular complexity index is 873. The lowest BCUT2D eigenvalue weighted by Gasteiger charge is -2.08. The van der Waals surface area contributed by atoms with Gasteiger partial charge in [0.2, 0.25) is 0 Å². The van der Waals surface area contributed by atoms with Crippen LogP contribution in [-0.4, -0.2) is 11.9 Å². The molecular formula is C20H17N3O2. The van der Waals surface area contributed by atoms with Crippen molar-refractivity contribution in [2.75, 3.05) is 10.6 Å². The zero-order chi connectivity index (χ0) is 17.6. The number of hydrogen-bond acceptors (Lipinski definition) is 2. The number of carbonyl (C=O) groups is 2. The Balaban J connectivity index is 1.68. The van der Waals surface area contributed by atoms with E-state index in [9.17, 15) is 9.59 Å². The van der Waals surface area contributed by atoms with Crippen LogP contribution in [0.25, 0.3) is 11.1 Å². The van der Waals surface area contributed by atoms with E-state index in [0.29, 0.717) is 16.9 Å². The molecule has 0 saturated heterocycles. The highest BCUT2D eigenvalue weighted by molar-refractivity contribution is 6.04. The largest absolute Gasteiger partial charge is 0.351 e. The molecule has 0 fully saturated rings. The molecule has 5 nitrogen and oxygen atoms in total. The number of urea groups is 1. The molecule has 0 radical (unpaired) electrons. The highest BCUT2D eigenvalue weighted by atomic mass is 16.2. The number of hydrogen-bond donors (Lipinski definition) is 3. The number of nitrogens with one attached hydrogen (secondary N) is 2. The van der Waals surface area contributed by atoms with Crippen LogP contribution < -0.4 is 16.4 Å². The Labute approximate surface area is 145 Å². The molecule has 0 saturated carbocycles. The van der Waals surface area contributed by atoms with Gasteiger partial charge < -0.3 is 16.4 Å². The lowest BCUT2D eigenvalue weighted by Crippen LogP contribution is -2.19. The third kappa shape index (κ3) is 4.23. The minimum atomic E-state index is -0.629. The molecule has 3 aromatic carbocycles. The third-order valence-electron chi connectivity index (χ3n) is 3.66. The average molecular weight is 331 g/mol. The fourth-order valence-corrected chi connectivity index (χ4v) is 2.43. The van der Waals surface area contributed by atoms with Crippen molar-refractivity contribution in [3.63, 3.8) is 0 Å².